The Balaban J connectivity index is 2.80. The molecule has 0 aliphatic rings. The molecule has 88 valence electrons. The second-order valence-corrected chi connectivity index (χ2v) is 3.42. The van der Waals surface area contributed by atoms with Gasteiger partial charge in [-0.15, -0.1) is 0 Å². The van der Waals surface area contributed by atoms with Crippen LogP contribution in [0.4, 0.5) is 8.78 Å². The lowest BCUT2D eigenvalue weighted by molar-refractivity contribution is 0.0914. The molecule has 0 heterocycles. The quantitative estimate of drug-likeness (QED) is 0.821. The monoisotopic (exact) mass is 229 g/mol. The molecule has 0 fully saturated rings. The minimum atomic E-state index is -0.804. The predicted molar refractivity (Wildman–Crippen MR) is 55.0 cm³/mol. The molecule has 0 spiro atoms. The molecule has 1 atom stereocenters. The van der Waals surface area contributed by atoms with Crippen LogP contribution in [0.3, 0.4) is 0 Å². The van der Waals surface area contributed by atoms with E-state index in [0.29, 0.717) is 12.5 Å². The second kappa shape index (κ2) is 5.55. The number of nitrogens with one attached hydrogen (secondary N) is 1. The Bertz CT molecular complexity index is 358. The van der Waals surface area contributed by atoms with Crippen molar-refractivity contribution < 1.29 is 18.7 Å². The molecule has 0 aliphatic heterocycles. The van der Waals surface area contributed by atoms with Crippen LogP contribution in [0.1, 0.15) is 23.7 Å². The zero-order valence-corrected chi connectivity index (χ0v) is 8.84. The molecule has 0 bridgehead atoms. The van der Waals surface area contributed by atoms with Gasteiger partial charge in [-0.05, 0) is 18.6 Å². The molecule has 1 aromatic rings. The maximum absolute atomic E-state index is 12.8. The standard InChI is InChI=1S/C11H13F2NO2/c1-2-10(6-15)14-11(16)7-3-8(12)5-9(13)4-7/h3-5,10,15H,2,6H2,1H3,(H,14,16)/t10-/m0/s1. The molecule has 0 radical (unpaired) electrons. The molecular weight excluding hydrogens is 216 g/mol. The molecule has 0 aliphatic carbocycles. The van der Waals surface area contributed by atoms with Crippen LogP contribution in [-0.4, -0.2) is 23.7 Å². The molecule has 5 heteroatoms. The lowest BCUT2D eigenvalue weighted by Crippen LogP contribution is -2.37. The van der Waals surface area contributed by atoms with Crippen molar-refractivity contribution in [2.24, 2.45) is 0 Å². The molecule has 3 nitrogen and oxygen atoms in total. The van der Waals surface area contributed by atoms with Gasteiger partial charge in [-0.3, -0.25) is 4.79 Å². The Kier molecular flexibility index (Phi) is 4.37. The van der Waals surface area contributed by atoms with Crippen molar-refractivity contribution in [2.75, 3.05) is 6.61 Å². The number of halogens is 2. The van der Waals surface area contributed by atoms with E-state index in [-0.39, 0.29) is 12.2 Å². The Morgan fingerprint density at radius 3 is 2.38 bits per heavy atom. The number of hydrogen-bond acceptors (Lipinski definition) is 2. The molecule has 1 rings (SSSR count). The minimum Gasteiger partial charge on any atom is -0.394 e. The van der Waals surface area contributed by atoms with Crippen molar-refractivity contribution >= 4 is 5.91 Å². The summed E-state index contributed by atoms with van der Waals surface area (Å²) in [5, 5.41) is 11.3. The van der Waals surface area contributed by atoms with Crippen LogP contribution < -0.4 is 5.32 Å². The van der Waals surface area contributed by atoms with Crippen LogP contribution in [0.2, 0.25) is 0 Å². The maximum atomic E-state index is 12.8. The van der Waals surface area contributed by atoms with Gasteiger partial charge in [0.05, 0.1) is 12.6 Å². The number of carbonyl (C=O) groups is 1. The van der Waals surface area contributed by atoms with E-state index in [0.717, 1.165) is 12.1 Å². The highest BCUT2D eigenvalue weighted by Gasteiger charge is 2.12. The van der Waals surface area contributed by atoms with Crippen molar-refractivity contribution in [3.63, 3.8) is 0 Å². The summed E-state index contributed by atoms with van der Waals surface area (Å²) in [7, 11) is 0. The first kappa shape index (κ1) is 12.6. The lowest BCUT2D eigenvalue weighted by atomic mass is 10.1. The summed E-state index contributed by atoms with van der Waals surface area (Å²) in [6.07, 6.45) is 0.542. The molecule has 0 saturated carbocycles. The van der Waals surface area contributed by atoms with Gasteiger partial charge in [0.1, 0.15) is 11.6 Å². The highest BCUT2D eigenvalue weighted by molar-refractivity contribution is 5.94. The van der Waals surface area contributed by atoms with E-state index in [4.69, 9.17) is 5.11 Å². The van der Waals surface area contributed by atoms with Gasteiger partial charge in [0.25, 0.3) is 5.91 Å². The van der Waals surface area contributed by atoms with E-state index < -0.39 is 23.6 Å². The largest absolute Gasteiger partial charge is 0.394 e. The number of aliphatic hydroxyl groups is 1. The number of rotatable bonds is 4. The summed E-state index contributed by atoms with van der Waals surface area (Å²) in [5.41, 5.74) is -0.0931. The minimum absolute atomic E-state index is 0.0931. The molecule has 0 saturated heterocycles. The van der Waals surface area contributed by atoms with Crippen molar-refractivity contribution in [3.05, 3.63) is 35.4 Å². The summed E-state index contributed by atoms with van der Waals surface area (Å²) in [4.78, 5) is 11.5. The van der Waals surface area contributed by atoms with Gasteiger partial charge in [-0.25, -0.2) is 8.78 Å². The topological polar surface area (TPSA) is 49.3 Å². The molecular formula is C11H13F2NO2. The Morgan fingerprint density at radius 1 is 1.38 bits per heavy atom. The number of aliphatic hydroxyl groups excluding tert-OH is 1. The number of amides is 1. The fraction of sp³-hybridized carbons (Fsp3) is 0.364. The fourth-order valence-electron chi connectivity index (χ4n) is 1.23. The van der Waals surface area contributed by atoms with Gasteiger partial charge in [0.2, 0.25) is 0 Å². The summed E-state index contributed by atoms with van der Waals surface area (Å²) in [5.74, 6) is -2.20. The molecule has 0 aromatic heterocycles. The molecule has 2 N–H and O–H groups in total. The predicted octanol–water partition coefficient (Wildman–Crippen LogP) is 1.47. The van der Waals surface area contributed by atoms with Crippen molar-refractivity contribution in [2.45, 2.75) is 19.4 Å². The first-order valence-electron chi connectivity index (χ1n) is 4.94. The number of hydrogen-bond donors (Lipinski definition) is 2. The van der Waals surface area contributed by atoms with E-state index in [2.05, 4.69) is 5.32 Å². The molecule has 1 amide bonds. The van der Waals surface area contributed by atoms with Gasteiger partial charge in [-0.2, -0.15) is 0 Å². The molecule has 1 aromatic carbocycles. The van der Waals surface area contributed by atoms with E-state index in [1.54, 1.807) is 6.92 Å². The summed E-state index contributed by atoms with van der Waals surface area (Å²) in [6, 6.07) is 2.18. The van der Waals surface area contributed by atoms with Gasteiger partial charge in [0, 0.05) is 11.6 Å². The Morgan fingerprint density at radius 2 is 1.94 bits per heavy atom. The van der Waals surface area contributed by atoms with Gasteiger partial charge >= 0.3 is 0 Å². The Labute approximate surface area is 92.1 Å². The van der Waals surface area contributed by atoms with Gasteiger partial charge in [0.15, 0.2) is 0 Å². The number of benzene rings is 1. The van der Waals surface area contributed by atoms with Crippen molar-refractivity contribution in [1.82, 2.24) is 5.32 Å². The third-order valence-corrected chi connectivity index (χ3v) is 2.17. The number of carbonyl (C=O) groups excluding carboxylic acids is 1. The van der Waals surface area contributed by atoms with Gasteiger partial charge in [-0.1, -0.05) is 6.92 Å². The highest BCUT2D eigenvalue weighted by atomic mass is 19.1. The molecule has 16 heavy (non-hydrogen) atoms. The summed E-state index contributed by atoms with van der Waals surface area (Å²) in [6.45, 7) is 1.58. The van der Waals surface area contributed by atoms with Crippen LogP contribution in [0.5, 0.6) is 0 Å². The molecule has 0 unspecified atom stereocenters. The highest BCUT2D eigenvalue weighted by Crippen LogP contribution is 2.08. The van der Waals surface area contributed by atoms with E-state index in [1.165, 1.54) is 0 Å². The second-order valence-electron chi connectivity index (χ2n) is 3.42. The third kappa shape index (κ3) is 3.27. The van der Waals surface area contributed by atoms with Crippen LogP contribution in [0, 0.1) is 11.6 Å². The van der Waals surface area contributed by atoms with E-state index >= 15 is 0 Å². The fourth-order valence-corrected chi connectivity index (χ4v) is 1.23. The summed E-state index contributed by atoms with van der Waals surface area (Å²) < 4.78 is 25.6. The average molecular weight is 229 g/mol. The Hall–Kier alpha value is -1.49. The first-order valence-corrected chi connectivity index (χ1v) is 4.94. The van der Waals surface area contributed by atoms with E-state index in [9.17, 15) is 13.6 Å². The SMILES string of the molecule is CC[C@@H](CO)NC(=O)c1cc(F)cc(F)c1. The van der Waals surface area contributed by atoms with Crippen LogP contribution in [-0.2, 0) is 0 Å². The third-order valence-electron chi connectivity index (χ3n) is 2.17. The normalized spacial score (nSPS) is 12.2. The zero-order valence-electron chi connectivity index (χ0n) is 8.84. The van der Waals surface area contributed by atoms with Crippen LogP contribution in [0.15, 0.2) is 18.2 Å². The van der Waals surface area contributed by atoms with Crippen molar-refractivity contribution in [1.29, 1.82) is 0 Å². The smallest absolute Gasteiger partial charge is 0.251 e. The van der Waals surface area contributed by atoms with Crippen LogP contribution >= 0.6 is 0 Å². The summed E-state index contributed by atoms with van der Waals surface area (Å²) >= 11 is 0. The zero-order chi connectivity index (χ0) is 12.1. The average Bonchev–Trinajstić information content (AvgIpc) is 2.24. The first-order chi connectivity index (χ1) is 7.56. The van der Waals surface area contributed by atoms with Crippen molar-refractivity contribution in [3.8, 4) is 0 Å². The van der Waals surface area contributed by atoms with Crippen LogP contribution in [0.25, 0.3) is 0 Å². The lowest BCUT2D eigenvalue weighted by Gasteiger charge is -2.13. The van der Waals surface area contributed by atoms with Gasteiger partial charge < -0.3 is 10.4 Å². The maximum Gasteiger partial charge on any atom is 0.251 e. The van der Waals surface area contributed by atoms with E-state index in [1.807, 2.05) is 0 Å².